The molecule has 1 aromatic heterocycles. The zero-order valence-electron chi connectivity index (χ0n) is 10.7. The van der Waals surface area contributed by atoms with Crippen LogP contribution in [0.25, 0.3) is 11.3 Å². The van der Waals surface area contributed by atoms with Crippen LogP contribution < -0.4 is 10.5 Å². The van der Waals surface area contributed by atoms with Crippen LogP contribution in [0, 0.1) is 11.3 Å². The average molecular weight is 293 g/mol. The van der Waals surface area contributed by atoms with Gasteiger partial charge in [-0.15, -0.1) is 13.2 Å². The Morgan fingerprint density at radius 1 is 1.19 bits per heavy atom. The Morgan fingerprint density at radius 2 is 1.86 bits per heavy atom. The Morgan fingerprint density at radius 3 is 2.43 bits per heavy atom. The Hall–Kier alpha value is -2.75. The summed E-state index contributed by atoms with van der Waals surface area (Å²) in [7, 11) is 0. The molecule has 1 aromatic carbocycles. The third-order valence-corrected chi connectivity index (χ3v) is 2.71. The Kier molecular flexibility index (Phi) is 3.98. The molecule has 0 radical (unpaired) electrons. The number of nitrogen functional groups attached to an aromatic ring is 1. The molecule has 0 amide bonds. The third kappa shape index (κ3) is 3.63. The fourth-order valence-corrected chi connectivity index (χ4v) is 1.80. The van der Waals surface area contributed by atoms with Crippen molar-refractivity contribution in [3.8, 4) is 23.1 Å². The summed E-state index contributed by atoms with van der Waals surface area (Å²) in [6.07, 6.45) is -3.10. The summed E-state index contributed by atoms with van der Waals surface area (Å²) in [5.74, 6) is -0.321. The lowest BCUT2D eigenvalue weighted by atomic mass is 10.0. The lowest BCUT2D eigenvalue weighted by Gasteiger charge is -2.11. The minimum atomic E-state index is -4.73. The van der Waals surface area contributed by atoms with E-state index in [0.29, 0.717) is 22.5 Å². The second-order valence-electron chi connectivity index (χ2n) is 4.14. The molecule has 4 nitrogen and oxygen atoms in total. The smallest absolute Gasteiger partial charge is 0.406 e. The lowest BCUT2D eigenvalue weighted by Crippen LogP contribution is -2.16. The van der Waals surface area contributed by atoms with E-state index in [1.54, 1.807) is 6.07 Å². The average Bonchev–Trinajstić information content (AvgIpc) is 2.41. The van der Waals surface area contributed by atoms with Gasteiger partial charge in [0.15, 0.2) is 0 Å². The van der Waals surface area contributed by atoms with Gasteiger partial charge >= 0.3 is 6.36 Å². The molecule has 2 rings (SSSR count). The maximum absolute atomic E-state index is 12.1. The number of hydrogen-bond acceptors (Lipinski definition) is 4. The van der Waals surface area contributed by atoms with Gasteiger partial charge in [-0.2, -0.15) is 5.26 Å². The second kappa shape index (κ2) is 5.71. The van der Waals surface area contributed by atoms with Gasteiger partial charge in [0.2, 0.25) is 0 Å². The number of alkyl halides is 3. The summed E-state index contributed by atoms with van der Waals surface area (Å²) < 4.78 is 40.0. The molecule has 0 aliphatic rings. The number of pyridine rings is 1. The van der Waals surface area contributed by atoms with Crippen molar-refractivity contribution in [2.75, 3.05) is 5.73 Å². The highest BCUT2D eigenvalue weighted by atomic mass is 19.4. The van der Waals surface area contributed by atoms with Gasteiger partial charge in [0.25, 0.3) is 0 Å². The predicted molar refractivity (Wildman–Crippen MR) is 70.1 cm³/mol. The molecule has 108 valence electrons. The van der Waals surface area contributed by atoms with E-state index in [0.717, 1.165) is 0 Å². The van der Waals surface area contributed by atoms with Gasteiger partial charge < -0.3 is 10.5 Å². The molecule has 0 saturated carbocycles. The van der Waals surface area contributed by atoms with Crippen LogP contribution in [0.15, 0.2) is 36.5 Å². The third-order valence-electron chi connectivity index (χ3n) is 2.71. The molecule has 21 heavy (non-hydrogen) atoms. The van der Waals surface area contributed by atoms with E-state index < -0.39 is 6.36 Å². The molecule has 2 N–H and O–H groups in total. The molecular formula is C14H10F3N3O. The van der Waals surface area contributed by atoms with E-state index in [1.165, 1.54) is 30.5 Å². The quantitative estimate of drug-likeness (QED) is 0.942. The van der Waals surface area contributed by atoms with Crippen molar-refractivity contribution < 1.29 is 17.9 Å². The van der Waals surface area contributed by atoms with Crippen molar-refractivity contribution in [2.45, 2.75) is 12.8 Å². The van der Waals surface area contributed by atoms with Crippen molar-refractivity contribution in [3.05, 3.63) is 42.1 Å². The highest BCUT2D eigenvalue weighted by molar-refractivity contribution is 5.75. The summed E-state index contributed by atoms with van der Waals surface area (Å²) in [5, 5.41) is 8.70. The molecule has 7 heteroatoms. The monoisotopic (exact) mass is 293 g/mol. The molecule has 0 aliphatic heterocycles. The normalized spacial score (nSPS) is 11.0. The van der Waals surface area contributed by atoms with Crippen LogP contribution in [0.3, 0.4) is 0 Å². The first-order valence-corrected chi connectivity index (χ1v) is 5.87. The maximum Gasteiger partial charge on any atom is 0.573 e. The van der Waals surface area contributed by atoms with E-state index in [4.69, 9.17) is 11.0 Å². The minimum absolute atomic E-state index is 0.136. The summed E-state index contributed by atoms with van der Waals surface area (Å²) in [6.45, 7) is 0. The van der Waals surface area contributed by atoms with Gasteiger partial charge in [-0.3, -0.25) is 4.98 Å². The van der Waals surface area contributed by atoms with E-state index in [9.17, 15) is 13.2 Å². The fraction of sp³-hybridized carbons (Fsp3) is 0.143. The first-order valence-electron chi connectivity index (χ1n) is 5.87. The number of benzene rings is 1. The van der Waals surface area contributed by atoms with E-state index >= 15 is 0 Å². The molecular weight excluding hydrogens is 283 g/mol. The number of nitrogens with zero attached hydrogens (tertiary/aromatic N) is 2. The van der Waals surface area contributed by atoms with E-state index in [2.05, 4.69) is 9.72 Å². The molecule has 1 heterocycles. The SMILES string of the molecule is N#CCc1ccnc(-c2ccc(OC(F)(F)F)cc2)c1N. The number of rotatable bonds is 3. The second-order valence-corrected chi connectivity index (χ2v) is 4.14. The van der Waals surface area contributed by atoms with Gasteiger partial charge in [0, 0.05) is 11.8 Å². The Balaban J connectivity index is 2.31. The van der Waals surface area contributed by atoms with Gasteiger partial charge in [0.1, 0.15) is 5.75 Å². The summed E-state index contributed by atoms with van der Waals surface area (Å²) >= 11 is 0. The first-order chi connectivity index (χ1) is 9.90. The molecule has 0 aliphatic carbocycles. The fourth-order valence-electron chi connectivity index (χ4n) is 1.80. The zero-order valence-corrected chi connectivity index (χ0v) is 10.7. The number of anilines is 1. The van der Waals surface area contributed by atoms with E-state index in [-0.39, 0.29) is 12.2 Å². The molecule has 0 bridgehead atoms. The van der Waals surface area contributed by atoms with Crippen LogP contribution in [-0.2, 0) is 6.42 Å². The molecule has 0 saturated heterocycles. The zero-order chi connectivity index (χ0) is 15.5. The van der Waals surface area contributed by atoms with Crippen LogP contribution in [0.5, 0.6) is 5.75 Å². The highest BCUT2D eigenvalue weighted by Crippen LogP contribution is 2.29. The van der Waals surface area contributed by atoms with Crippen LogP contribution in [-0.4, -0.2) is 11.3 Å². The molecule has 0 atom stereocenters. The summed E-state index contributed by atoms with van der Waals surface area (Å²) in [6, 6.07) is 8.83. The van der Waals surface area contributed by atoms with Gasteiger partial charge in [-0.1, -0.05) is 0 Å². The van der Waals surface area contributed by atoms with Crippen molar-refractivity contribution in [2.24, 2.45) is 0 Å². The number of nitriles is 1. The van der Waals surface area contributed by atoms with Gasteiger partial charge in [0.05, 0.1) is 23.9 Å². The van der Waals surface area contributed by atoms with Gasteiger partial charge in [-0.05, 0) is 35.9 Å². The van der Waals surface area contributed by atoms with Crippen LogP contribution in [0.4, 0.5) is 18.9 Å². The lowest BCUT2D eigenvalue weighted by molar-refractivity contribution is -0.274. The van der Waals surface area contributed by atoms with Crippen molar-refractivity contribution >= 4 is 5.69 Å². The summed E-state index contributed by atoms with van der Waals surface area (Å²) in [5.41, 5.74) is 7.84. The highest BCUT2D eigenvalue weighted by Gasteiger charge is 2.31. The first kappa shape index (κ1) is 14.7. The molecule has 0 spiro atoms. The number of ether oxygens (including phenoxy) is 1. The number of nitrogens with two attached hydrogens (primary N) is 1. The number of hydrogen-bond donors (Lipinski definition) is 1. The van der Waals surface area contributed by atoms with Crippen LogP contribution in [0.2, 0.25) is 0 Å². The Bertz CT molecular complexity index is 675. The maximum atomic E-state index is 12.1. The topological polar surface area (TPSA) is 71.9 Å². The standard InChI is InChI=1S/C14H10F3N3O/c15-14(16,17)21-11-3-1-10(2-4-11)13-12(19)9(5-7-18)6-8-20-13/h1-4,6,8H,5,19H2. The van der Waals surface area contributed by atoms with Gasteiger partial charge in [-0.25, -0.2) is 0 Å². The van der Waals surface area contributed by atoms with E-state index in [1.807, 2.05) is 6.07 Å². The summed E-state index contributed by atoms with van der Waals surface area (Å²) in [4.78, 5) is 4.10. The molecule has 0 unspecified atom stereocenters. The number of halogens is 3. The predicted octanol–water partition coefficient (Wildman–Crippen LogP) is 3.30. The van der Waals surface area contributed by atoms with Crippen LogP contribution >= 0.6 is 0 Å². The minimum Gasteiger partial charge on any atom is -0.406 e. The molecule has 0 fully saturated rings. The largest absolute Gasteiger partial charge is 0.573 e. The van der Waals surface area contributed by atoms with Crippen molar-refractivity contribution in [3.63, 3.8) is 0 Å². The van der Waals surface area contributed by atoms with Crippen molar-refractivity contribution in [1.82, 2.24) is 4.98 Å². The van der Waals surface area contributed by atoms with Crippen LogP contribution in [0.1, 0.15) is 5.56 Å². The van der Waals surface area contributed by atoms with Crippen molar-refractivity contribution in [1.29, 1.82) is 5.26 Å². The number of aromatic nitrogens is 1. The molecule has 2 aromatic rings. The Labute approximate surface area is 118 Å².